The van der Waals surface area contributed by atoms with Crippen LogP contribution >= 0.6 is 0 Å². The summed E-state index contributed by atoms with van der Waals surface area (Å²) in [6, 6.07) is 0. The summed E-state index contributed by atoms with van der Waals surface area (Å²) >= 11 is 0. The van der Waals surface area contributed by atoms with Gasteiger partial charge in [0.1, 0.15) is 11.2 Å². The number of hydrogen-bond acceptors (Lipinski definition) is 3. The third kappa shape index (κ3) is 6.92. The van der Waals surface area contributed by atoms with Crippen LogP contribution in [-0.2, 0) is 4.74 Å². The van der Waals surface area contributed by atoms with Gasteiger partial charge in [0.05, 0.1) is 13.2 Å². The fraction of sp³-hybridized carbons (Fsp3) is 0.714. The van der Waals surface area contributed by atoms with Gasteiger partial charge < -0.3 is 14.9 Å². The maximum atomic E-state index is 10.5. The van der Waals surface area contributed by atoms with Crippen molar-refractivity contribution in [3.8, 4) is 0 Å². The standard InChI is InChI=1S/C21H36O3/c1-17(2)9-6-10-18(3)11-7-12-19(4)13-8-14-21(23)16-24-15-20(21,5)22/h9,11,13,22-23H,6-8,10,12,14-16H2,1-5H3/b18-11+,19-13+/t20-,21+/m0/s1. The lowest BCUT2D eigenvalue weighted by atomic mass is 9.83. The predicted octanol–water partition coefficient (Wildman–Crippen LogP) is 4.70. The summed E-state index contributed by atoms with van der Waals surface area (Å²) in [5, 5.41) is 20.7. The van der Waals surface area contributed by atoms with Crippen LogP contribution in [0.1, 0.15) is 73.1 Å². The first-order chi connectivity index (χ1) is 11.2. The molecule has 1 fully saturated rings. The molecule has 24 heavy (non-hydrogen) atoms. The van der Waals surface area contributed by atoms with Gasteiger partial charge in [0.2, 0.25) is 0 Å². The third-order valence-electron chi connectivity index (χ3n) is 4.90. The van der Waals surface area contributed by atoms with Gasteiger partial charge in [0, 0.05) is 0 Å². The third-order valence-corrected chi connectivity index (χ3v) is 4.90. The molecule has 0 unspecified atom stereocenters. The van der Waals surface area contributed by atoms with Gasteiger partial charge in [0.25, 0.3) is 0 Å². The molecule has 0 radical (unpaired) electrons. The van der Waals surface area contributed by atoms with E-state index in [-0.39, 0.29) is 13.2 Å². The number of aliphatic hydroxyl groups is 2. The highest BCUT2D eigenvalue weighted by Gasteiger charge is 2.50. The SMILES string of the molecule is CC(C)=CCC/C(C)=C/CC/C(C)=C/CC[C@@]1(O)COC[C@]1(C)O. The monoisotopic (exact) mass is 336 g/mol. The van der Waals surface area contributed by atoms with Crippen LogP contribution in [0, 0.1) is 0 Å². The minimum Gasteiger partial charge on any atom is -0.385 e. The molecule has 1 saturated heterocycles. The normalized spacial score (nSPS) is 28.3. The number of rotatable bonds is 9. The lowest BCUT2D eigenvalue weighted by Crippen LogP contribution is -2.51. The summed E-state index contributed by atoms with van der Waals surface area (Å²) in [5.74, 6) is 0. The lowest BCUT2D eigenvalue weighted by Gasteiger charge is -2.32. The maximum Gasteiger partial charge on any atom is 0.119 e. The molecule has 3 nitrogen and oxygen atoms in total. The minimum absolute atomic E-state index is 0.211. The summed E-state index contributed by atoms with van der Waals surface area (Å²) in [5.41, 5.74) is 1.92. The van der Waals surface area contributed by atoms with E-state index >= 15 is 0 Å². The molecule has 0 amide bonds. The molecule has 1 rings (SSSR count). The first kappa shape index (κ1) is 21.1. The van der Waals surface area contributed by atoms with E-state index in [9.17, 15) is 10.2 Å². The molecule has 0 aromatic rings. The summed E-state index contributed by atoms with van der Waals surface area (Å²) in [6.07, 6.45) is 12.5. The van der Waals surface area contributed by atoms with Gasteiger partial charge in [-0.1, -0.05) is 34.9 Å². The molecule has 2 atom stereocenters. The average molecular weight is 337 g/mol. The van der Waals surface area contributed by atoms with Crippen molar-refractivity contribution in [2.45, 2.75) is 84.3 Å². The Morgan fingerprint density at radius 3 is 1.92 bits per heavy atom. The molecule has 3 heteroatoms. The van der Waals surface area contributed by atoms with Gasteiger partial charge in [-0.15, -0.1) is 0 Å². The molecule has 0 spiro atoms. The van der Waals surface area contributed by atoms with Crippen molar-refractivity contribution in [3.05, 3.63) is 34.9 Å². The van der Waals surface area contributed by atoms with E-state index in [4.69, 9.17) is 4.74 Å². The maximum absolute atomic E-state index is 10.5. The summed E-state index contributed by atoms with van der Waals surface area (Å²) in [4.78, 5) is 0. The molecule has 1 aliphatic heterocycles. The van der Waals surface area contributed by atoms with E-state index < -0.39 is 11.2 Å². The average Bonchev–Trinajstić information content (AvgIpc) is 2.72. The van der Waals surface area contributed by atoms with Crippen LogP contribution in [0.4, 0.5) is 0 Å². The predicted molar refractivity (Wildman–Crippen MR) is 101 cm³/mol. The number of hydrogen-bond donors (Lipinski definition) is 2. The van der Waals surface area contributed by atoms with Crippen molar-refractivity contribution in [1.29, 1.82) is 0 Å². The topological polar surface area (TPSA) is 49.7 Å². The second-order valence-corrected chi connectivity index (χ2v) is 7.80. The highest BCUT2D eigenvalue weighted by Crippen LogP contribution is 2.33. The first-order valence-electron chi connectivity index (χ1n) is 9.13. The van der Waals surface area contributed by atoms with Crippen LogP contribution in [0.5, 0.6) is 0 Å². The van der Waals surface area contributed by atoms with Crippen molar-refractivity contribution in [3.63, 3.8) is 0 Å². The second-order valence-electron chi connectivity index (χ2n) is 7.80. The van der Waals surface area contributed by atoms with Crippen molar-refractivity contribution < 1.29 is 14.9 Å². The fourth-order valence-electron chi connectivity index (χ4n) is 2.95. The fourth-order valence-corrected chi connectivity index (χ4v) is 2.95. The van der Waals surface area contributed by atoms with Crippen LogP contribution < -0.4 is 0 Å². The Morgan fingerprint density at radius 1 is 0.875 bits per heavy atom. The van der Waals surface area contributed by atoms with E-state index in [2.05, 4.69) is 45.9 Å². The number of ether oxygens (including phenoxy) is 1. The summed E-state index contributed by atoms with van der Waals surface area (Å²) in [6.45, 7) is 10.7. The van der Waals surface area contributed by atoms with Crippen LogP contribution in [0.15, 0.2) is 34.9 Å². The van der Waals surface area contributed by atoms with E-state index in [0.717, 1.165) is 32.1 Å². The summed E-state index contributed by atoms with van der Waals surface area (Å²) < 4.78 is 5.24. The largest absolute Gasteiger partial charge is 0.385 e. The molecule has 0 aromatic carbocycles. The van der Waals surface area contributed by atoms with Crippen molar-refractivity contribution in [2.75, 3.05) is 13.2 Å². The van der Waals surface area contributed by atoms with Gasteiger partial charge in [-0.2, -0.15) is 0 Å². The Bertz CT molecular complexity index is 481. The molecule has 1 aliphatic rings. The smallest absolute Gasteiger partial charge is 0.119 e. The molecular formula is C21H36O3. The molecule has 2 N–H and O–H groups in total. The van der Waals surface area contributed by atoms with Crippen LogP contribution in [-0.4, -0.2) is 34.6 Å². The highest BCUT2D eigenvalue weighted by molar-refractivity contribution is 5.07. The molecule has 0 aromatic heterocycles. The first-order valence-corrected chi connectivity index (χ1v) is 9.13. The zero-order chi connectivity index (χ0) is 18.2. The van der Waals surface area contributed by atoms with Gasteiger partial charge in [-0.05, 0) is 73.1 Å². The van der Waals surface area contributed by atoms with Crippen LogP contribution in [0.2, 0.25) is 0 Å². The molecule has 0 bridgehead atoms. The van der Waals surface area contributed by atoms with Crippen LogP contribution in [0.25, 0.3) is 0 Å². The van der Waals surface area contributed by atoms with Gasteiger partial charge in [-0.3, -0.25) is 0 Å². The van der Waals surface area contributed by atoms with Crippen LogP contribution in [0.3, 0.4) is 0 Å². The quantitative estimate of drug-likeness (QED) is 0.600. The molecule has 138 valence electrons. The van der Waals surface area contributed by atoms with Crippen molar-refractivity contribution in [2.24, 2.45) is 0 Å². The Labute approximate surface area is 148 Å². The molecular weight excluding hydrogens is 300 g/mol. The Kier molecular flexibility index (Phi) is 8.41. The van der Waals surface area contributed by atoms with Gasteiger partial charge in [-0.25, -0.2) is 0 Å². The van der Waals surface area contributed by atoms with Gasteiger partial charge >= 0.3 is 0 Å². The zero-order valence-corrected chi connectivity index (χ0v) is 16.2. The Balaban J connectivity index is 2.31. The second kappa shape index (κ2) is 9.55. The van der Waals surface area contributed by atoms with Crippen molar-refractivity contribution in [1.82, 2.24) is 0 Å². The van der Waals surface area contributed by atoms with E-state index in [1.165, 1.54) is 16.7 Å². The lowest BCUT2D eigenvalue weighted by molar-refractivity contribution is -0.109. The highest BCUT2D eigenvalue weighted by atomic mass is 16.5. The van der Waals surface area contributed by atoms with E-state index in [1.807, 2.05) is 0 Å². The number of allylic oxidation sites excluding steroid dienone is 6. The Hall–Kier alpha value is -0.900. The zero-order valence-electron chi connectivity index (χ0n) is 16.2. The minimum atomic E-state index is -1.14. The van der Waals surface area contributed by atoms with Gasteiger partial charge in [0.15, 0.2) is 0 Å². The van der Waals surface area contributed by atoms with Crippen molar-refractivity contribution >= 4 is 0 Å². The summed E-state index contributed by atoms with van der Waals surface area (Å²) in [7, 11) is 0. The molecule has 0 aliphatic carbocycles. The van der Waals surface area contributed by atoms with E-state index in [1.54, 1.807) is 6.92 Å². The molecule has 1 heterocycles. The van der Waals surface area contributed by atoms with E-state index in [0.29, 0.717) is 6.42 Å². The Morgan fingerprint density at radius 2 is 1.42 bits per heavy atom. The molecule has 0 saturated carbocycles.